The Kier molecular flexibility index (Phi) is 7.03. The normalized spacial score (nSPS) is 20.1. The maximum Gasteiger partial charge on any atom is 0.170 e. The van der Waals surface area contributed by atoms with Crippen LogP contribution in [0.1, 0.15) is 94.8 Å². The number of fused-ring (bicyclic) bond motifs is 3. The third-order valence-electron chi connectivity index (χ3n) is 6.01. The summed E-state index contributed by atoms with van der Waals surface area (Å²) in [5.74, 6) is 0.823. The van der Waals surface area contributed by atoms with Gasteiger partial charge < -0.3 is 14.7 Å². The molecule has 2 atom stereocenters. The predicted molar refractivity (Wildman–Crippen MR) is 110 cm³/mol. The summed E-state index contributed by atoms with van der Waals surface area (Å²) in [5, 5.41) is 10.5. The number of unbranched alkanes of at least 4 members (excludes halogenated alkanes) is 5. The average molecular weight is 374 g/mol. The van der Waals surface area contributed by atoms with Gasteiger partial charge in [-0.3, -0.25) is 4.79 Å². The Morgan fingerprint density at radius 2 is 1.96 bits per heavy atom. The molecule has 27 heavy (non-hydrogen) atoms. The Hall–Kier alpha value is -1.71. The SMILES string of the molecule is CCCCCCCCC(C)Oc1cc(O)c2c(c1)N1CCCCC1CC2=O. The summed E-state index contributed by atoms with van der Waals surface area (Å²) in [7, 11) is 0. The van der Waals surface area contributed by atoms with E-state index in [1.807, 2.05) is 6.07 Å². The van der Waals surface area contributed by atoms with Crippen molar-refractivity contribution in [1.29, 1.82) is 0 Å². The van der Waals surface area contributed by atoms with Gasteiger partial charge in [0.2, 0.25) is 0 Å². The standard InChI is InChI=1S/C23H35NO3/c1-3-4-5-6-7-8-11-17(2)27-19-15-20-23(22(26)16-19)21(25)14-18-12-9-10-13-24(18)20/h15-18,26H,3-14H2,1-2H3. The van der Waals surface area contributed by atoms with E-state index >= 15 is 0 Å². The van der Waals surface area contributed by atoms with Gasteiger partial charge in [-0.05, 0) is 39.0 Å². The number of nitrogens with zero attached hydrogens (tertiary/aromatic N) is 1. The monoisotopic (exact) mass is 373 g/mol. The second-order valence-electron chi connectivity index (χ2n) is 8.29. The summed E-state index contributed by atoms with van der Waals surface area (Å²) in [4.78, 5) is 14.8. The van der Waals surface area contributed by atoms with Crippen molar-refractivity contribution in [3.63, 3.8) is 0 Å². The van der Waals surface area contributed by atoms with Crippen LogP contribution in [0, 0.1) is 0 Å². The Labute approximate surface area is 163 Å². The van der Waals surface area contributed by atoms with Crippen molar-refractivity contribution in [2.24, 2.45) is 0 Å². The maximum absolute atomic E-state index is 12.5. The number of hydrogen-bond donors (Lipinski definition) is 1. The molecule has 4 heteroatoms. The topological polar surface area (TPSA) is 49.8 Å². The molecule has 0 aromatic heterocycles. The molecule has 1 fully saturated rings. The highest BCUT2D eigenvalue weighted by Gasteiger charge is 2.35. The van der Waals surface area contributed by atoms with Gasteiger partial charge in [-0.1, -0.05) is 39.0 Å². The molecule has 1 aromatic rings. The van der Waals surface area contributed by atoms with Crippen LogP contribution in [-0.4, -0.2) is 29.6 Å². The van der Waals surface area contributed by atoms with Gasteiger partial charge in [-0.25, -0.2) is 0 Å². The molecule has 1 N–H and O–H groups in total. The van der Waals surface area contributed by atoms with Crippen LogP contribution in [-0.2, 0) is 0 Å². The first-order chi connectivity index (χ1) is 13.1. The summed E-state index contributed by atoms with van der Waals surface area (Å²) in [6.07, 6.45) is 12.7. The summed E-state index contributed by atoms with van der Waals surface area (Å²) in [5.41, 5.74) is 1.36. The highest BCUT2D eigenvalue weighted by molar-refractivity contribution is 6.06. The smallest absolute Gasteiger partial charge is 0.170 e. The van der Waals surface area contributed by atoms with Gasteiger partial charge in [0.15, 0.2) is 5.78 Å². The number of aromatic hydroxyl groups is 1. The fourth-order valence-electron chi connectivity index (χ4n) is 4.52. The van der Waals surface area contributed by atoms with Crippen LogP contribution in [0.3, 0.4) is 0 Å². The molecule has 2 heterocycles. The number of piperidine rings is 1. The molecule has 1 aromatic carbocycles. The minimum atomic E-state index is 0.0670. The van der Waals surface area contributed by atoms with Crippen LogP contribution in [0.4, 0.5) is 5.69 Å². The van der Waals surface area contributed by atoms with Crippen LogP contribution in [0.2, 0.25) is 0 Å². The molecule has 1 saturated heterocycles. The predicted octanol–water partition coefficient (Wildman–Crippen LogP) is 5.86. The zero-order valence-corrected chi connectivity index (χ0v) is 17.0. The lowest BCUT2D eigenvalue weighted by atomic mass is 9.88. The van der Waals surface area contributed by atoms with E-state index in [1.165, 1.54) is 44.9 Å². The molecule has 0 bridgehead atoms. The molecular weight excluding hydrogens is 338 g/mol. The Morgan fingerprint density at radius 3 is 2.78 bits per heavy atom. The number of carbonyl (C=O) groups is 1. The quantitative estimate of drug-likeness (QED) is 0.551. The zero-order valence-electron chi connectivity index (χ0n) is 17.0. The lowest BCUT2D eigenvalue weighted by Gasteiger charge is -2.41. The number of phenolic OH excluding ortho intramolecular Hbond substituents is 1. The number of anilines is 1. The van der Waals surface area contributed by atoms with Gasteiger partial charge in [0.05, 0.1) is 17.4 Å². The van der Waals surface area contributed by atoms with E-state index in [0.717, 1.165) is 31.5 Å². The molecule has 2 aliphatic rings. The number of benzene rings is 1. The van der Waals surface area contributed by atoms with Crippen molar-refractivity contribution in [2.75, 3.05) is 11.4 Å². The van der Waals surface area contributed by atoms with Gasteiger partial charge in [0.1, 0.15) is 11.5 Å². The fraction of sp³-hybridized carbons (Fsp3) is 0.696. The third kappa shape index (κ3) is 4.97. The number of carbonyl (C=O) groups excluding carboxylic acids is 1. The second kappa shape index (κ2) is 9.48. The van der Waals surface area contributed by atoms with Crippen molar-refractivity contribution in [3.8, 4) is 11.5 Å². The van der Waals surface area contributed by atoms with E-state index in [1.54, 1.807) is 6.07 Å². The van der Waals surface area contributed by atoms with E-state index in [9.17, 15) is 9.90 Å². The van der Waals surface area contributed by atoms with Gasteiger partial charge in [0.25, 0.3) is 0 Å². The summed E-state index contributed by atoms with van der Waals surface area (Å²) >= 11 is 0. The second-order valence-corrected chi connectivity index (χ2v) is 8.29. The molecule has 0 aliphatic carbocycles. The molecule has 0 spiro atoms. The first-order valence-electron chi connectivity index (χ1n) is 10.9. The number of rotatable bonds is 9. The minimum Gasteiger partial charge on any atom is -0.507 e. The van der Waals surface area contributed by atoms with Gasteiger partial charge in [-0.15, -0.1) is 0 Å². The lowest BCUT2D eigenvalue weighted by Crippen LogP contribution is -2.44. The molecule has 2 unspecified atom stereocenters. The van der Waals surface area contributed by atoms with E-state index in [-0.39, 0.29) is 23.7 Å². The van der Waals surface area contributed by atoms with Crippen LogP contribution in [0.15, 0.2) is 12.1 Å². The van der Waals surface area contributed by atoms with Gasteiger partial charge in [0, 0.05) is 31.1 Å². The van der Waals surface area contributed by atoms with Gasteiger partial charge in [-0.2, -0.15) is 0 Å². The summed E-state index contributed by atoms with van der Waals surface area (Å²) in [6, 6.07) is 3.88. The van der Waals surface area contributed by atoms with Crippen LogP contribution in [0.5, 0.6) is 11.5 Å². The molecule has 3 rings (SSSR count). The highest BCUT2D eigenvalue weighted by atomic mass is 16.5. The Balaban J connectivity index is 1.62. The van der Waals surface area contributed by atoms with E-state index < -0.39 is 0 Å². The molecule has 0 amide bonds. The van der Waals surface area contributed by atoms with Crippen LogP contribution >= 0.6 is 0 Å². The molecule has 4 nitrogen and oxygen atoms in total. The van der Waals surface area contributed by atoms with Crippen LogP contribution in [0.25, 0.3) is 0 Å². The Morgan fingerprint density at radius 1 is 1.19 bits per heavy atom. The molecular formula is C23H35NO3. The fourth-order valence-corrected chi connectivity index (χ4v) is 4.52. The van der Waals surface area contributed by atoms with Crippen molar-refractivity contribution in [3.05, 3.63) is 17.7 Å². The molecule has 0 radical (unpaired) electrons. The largest absolute Gasteiger partial charge is 0.507 e. The number of ketones is 1. The average Bonchev–Trinajstić information content (AvgIpc) is 2.64. The van der Waals surface area contributed by atoms with E-state index in [4.69, 9.17) is 4.74 Å². The number of ether oxygens (including phenoxy) is 1. The maximum atomic E-state index is 12.5. The zero-order chi connectivity index (χ0) is 19.2. The lowest BCUT2D eigenvalue weighted by molar-refractivity contribution is 0.0958. The first kappa shape index (κ1) is 20.0. The van der Waals surface area contributed by atoms with Gasteiger partial charge >= 0.3 is 0 Å². The summed E-state index contributed by atoms with van der Waals surface area (Å²) in [6.45, 7) is 5.29. The molecule has 150 valence electrons. The van der Waals surface area contributed by atoms with Crippen molar-refractivity contribution in [1.82, 2.24) is 0 Å². The van der Waals surface area contributed by atoms with E-state index in [0.29, 0.717) is 17.7 Å². The number of hydrogen-bond acceptors (Lipinski definition) is 4. The number of phenols is 1. The van der Waals surface area contributed by atoms with E-state index in [2.05, 4.69) is 18.7 Å². The first-order valence-corrected chi connectivity index (χ1v) is 10.9. The number of Topliss-reactive ketones (excluding diaryl/α,β-unsaturated/α-hetero) is 1. The van der Waals surface area contributed by atoms with Crippen LogP contribution < -0.4 is 9.64 Å². The Bertz CT molecular complexity index is 643. The molecule has 0 saturated carbocycles. The summed E-state index contributed by atoms with van der Waals surface area (Å²) < 4.78 is 6.11. The van der Waals surface area contributed by atoms with Crippen molar-refractivity contribution < 1.29 is 14.6 Å². The molecule has 2 aliphatic heterocycles. The van der Waals surface area contributed by atoms with Crippen molar-refractivity contribution >= 4 is 11.5 Å². The highest BCUT2D eigenvalue weighted by Crippen LogP contribution is 2.42. The van der Waals surface area contributed by atoms with Crippen molar-refractivity contribution in [2.45, 2.75) is 96.6 Å². The third-order valence-corrected chi connectivity index (χ3v) is 6.01. The minimum absolute atomic E-state index is 0.0670.